The van der Waals surface area contributed by atoms with E-state index in [0.717, 1.165) is 19.3 Å². The number of sulfonamides is 1. The summed E-state index contributed by atoms with van der Waals surface area (Å²) in [6.07, 6.45) is 4.95. The first-order chi connectivity index (χ1) is 10.0. The zero-order chi connectivity index (χ0) is 15.3. The molecule has 0 radical (unpaired) electrons. The first kappa shape index (κ1) is 16.6. The van der Waals surface area contributed by atoms with Gasteiger partial charge in [0.1, 0.15) is 5.75 Å². The minimum Gasteiger partial charge on any atom is -0.494 e. The monoisotopic (exact) mass is 330 g/mol. The molecule has 1 fully saturated rings. The summed E-state index contributed by atoms with van der Waals surface area (Å²) >= 11 is 1.73. The molecule has 1 saturated carbocycles. The maximum absolute atomic E-state index is 12.2. The standard InChI is InChI=1S/C14H22N2O3S2/c1-20-14(7-8-14)11-16-21(17,18)13-5-3-12(4-6-13)19-10-2-9-15/h3-6,16H,2,7-11,15H2,1H3. The lowest BCUT2D eigenvalue weighted by Gasteiger charge is -2.13. The molecule has 118 valence electrons. The lowest BCUT2D eigenvalue weighted by atomic mass is 10.3. The van der Waals surface area contributed by atoms with E-state index in [-0.39, 0.29) is 9.64 Å². The Bertz CT molecular complexity index is 554. The minimum atomic E-state index is -3.44. The summed E-state index contributed by atoms with van der Waals surface area (Å²) in [5.74, 6) is 0.658. The number of hydrogen-bond acceptors (Lipinski definition) is 5. The molecule has 0 spiro atoms. The van der Waals surface area contributed by atoms with Crippen LogP contribution in [0.2, 0.25) is 0 Å². The molecule has 7 heteroatoms. The molecule has 0 saturated heterocycles. The van der Waals surface area contributed by atoms with Gasteiger partial charge >= 0.3 is 0 Å². The fraction of sp³-hybridized carbons (Fsp3) is 0.571. The van der Waals surface area contributed by atoms with Crippen molar-refractivity contribution in [3.63, 3.8) is 0 Å². The first-order valence-electron chi connectivity index (χ1n) is 6.99. The maximum atomic E-state index is 12.2. The Balaban J connectivity index is 1.93. The van der Waals surface area contributed by atoms with Gasteiger partial charge in [-0.15, -0.1) is 0 Å². The smallest absolute Gasteiger partial charge is 0.240 e. The zero-order valence-electron chi connectivity index (χ0n) is 12.2. The summed E-state index contributed by atoms with van der Waals surface area (Å²) in [5, 5.41) is 0. The highest BCUT2D eigenvalue weighted by Crippen LogP contribution is 2.46. The molecule has 1 aromatic rings. The van der Waals surface area contributed by atoms with Crippen LogP contribution in [0.3, 0.4) is 0 Å². The van der Waals surface area contributed by atoms with Crippen LogP contribution in [0.5, 0.6) is 5.75 Å². The van der Waals surface area contributed by atoms with E-state index >= 15 is 0 Å². The molecule has 0 aliphatic heterocycles. The van der Waals surface area contributed by atoms with Crippen molar-refractivity contribution in [3.8, 4) is 5.75 Å². The van der Waals surface area contributed by atoms with Gasteiger partial charge in [-0.3, -0.25) is 0 Å². The van der Waals surface area contributed by atoms with Gasteiger partial charge in [0.05, 0.1) is 11.5 Å². The quantitative estimate of drug-likeness (QED) is 0.672. The van der Waals surface area contributed by atoms with Crippen molar-refractivity contribution in [3.05, 3.63) is 24.3 Å². The second-order valence-electron chi connectivity index (χ2n) is 5.17. The average molecular weight is 330 g/mol. The maximum Gasteiger partial charge on any atom is 0.240 e. The van der Waals surface area contributed by atoms with Crippen LogP contribution >= 0.6 is 11.8 Å². The predicted molar refractivity (Wildman–Crippen MR) is 86.3 cm³/mol. The molecule has 0 unspecified atom stereocenters. The molecule has 3 N–H and O–H groups in total. The molecule has 21 heavy (non-hydrogen) atoms. The highest BCUT2D eigenvalue weighted by Gasteiger charge is 2.42. The first-order valence-corrected chi connectivity index (χ1v) is 9.70. The molecule has 2 rings (SSSR count). The van der Waals surface area contributed by atoms with E-state index in [1.165, 1.54) is 0 Å². The Kier molecular flexibility index (Phi) is 5.54. The van der Waals surface area contributed by atoms with E-state index < -0.39 is 10.0 Å². The third-order valence-electron chi connectivity index (χ3n) is 3.58. The van der Waals surface area contributed by atoms with E-state index in [4.69, 9.17) is 10.5 Å². The van der Waals surface area contributed by atoms with Crippen molar-refractivity contribution >= 4 is 21.8 Å². The third-order valence-corrected chi connectivity index (χ3v) is 6.41. The molecule has 1 aromatic carbocycles. The Morgan fingerprint density at radius 3 is 2.52 bits per heavy atom. The fourth-order valence-electron chi connectivity index (χ4n) is 1.89. The molecule has 0 heterocycles. The van der Waals surface area contributed by atoms with Gasteiger partial charge in [-0.25, -0.2) is 13.1 Å². The second kappa shape index (κ2) is 7.00. The summed E-state index contributed by atoms with van der Waals surface area (Å²) < 4.78 is 32.7. The predicted octanol–water partition coefficient (Wildman–Crippen LogP) is 1.59. The van der Waals surface area contributed by atoms with Crippen molar-refractivity contribution < 1.29 is 13.2 Å². The normalized spacial score (nSPS) is 16.7. The van der Waals surface area contributed by atoms with Crippen LogP contribution in [0, 0.1) is 0 Å². The van der Waals surface area contributed by atoms with Crippen molar-refractivity contribution in [1.29, 1.82) is 0 Å². The number of rotatable bonds is 9. The number of thioether (sulfide) groups is 1. The molecule has 0 bridgehead atoms. The average Bonchev–Trinajstić information content (AvgIpc) is 3.27. The summed E-state index contributed by atoms with van der Waals surface area (Å²) in [6.45, 7) is 1.61. The van der Waals surface area contributed by atoms with Gasteiger partial charge in [0, 0.05) is 11.3 Å². The Hall–Kier alpha value is -0.760. The van der Waals surface area contributed by atoms with E-state index in [9.17, 15) is 8.42 Å². The van der Waals surface area contributed by atoms with Crippen molar-refractivity contribution in [2.75, 3.05) is 26.0 Å². The summed E-state index contributed by atoms with van der Waals surface area (Å²) in [4.78, 5) is 0.269. The molecule has 0 aromatic heterocycles. The van der Waals surface area contributed by atoms with Crippen LogP contribution in [0.25, 0.3) is 0 Å². The van der Waals surface area contributed by atoms with Crippen molar-refractivity contribution in [2.24, 2.45) is 5.73 Å². The molecule has 5 nitrogen and oxygen atoms in total. The lowest BCUT2D eigenvalue weighted by Crippen LogP contribution is -2.31. The third kappa shape index (κ3) is 4.60. The van der Waals surface area contributed by atoms with Crippen LogP contribution in [-0.2, 0) is 10.0 Å². The minimum absolute atomic E-state index is 0.109. The summed E-state index contributed by atoms with van der Waals surface area (Å²) in [7, 11) is -3.44. The van der Waals surface area contributed by atoms with Gasteiger partial charge in [0.15, 0.2) is 0 Å². The van der Waals surface area contributed by atoms with Crippen LogP contribution in [0.1, 0.15) is 19.3 Å². The fourth-order valence-corrected chi connectivity index (χ4v) is 3.84. The topological polar surface area (TPSA) is 81.4 Å². The van der Waals surface area contributed by atoms with Crippen LogP contribution in [0.15, 0.2) is 29.2 Å². The van der Waals surface area contributed by atoms with Crippen LogP contribution in [-0.4, -0.2) is 39.1 Å². The SMILES string of the molecule is CSC1(CNS(=O)(=O)c2ccc(OCCCN)cc2)CC1. The zero-order valence-corrected chi connectivity index (χ0v) is 13.8. The molecule has 1 aliphatic carbocycles. The molecule has 0 atom stereocenters. The van der Waals surface area contributed by atoms with E-state index in [1.54, 1.807) is 36.0 Å². The number of benzene rings is 1. The van der Waals surface area contributed by atoms with Crippen molar-refractivity contribution in [2.45, 2.75) is 28.9 Å². The Morgan fingerprint density at radius 2 is 2.00 bits per heavy atom. The number of hydrogen-bond donors (Lipinski definition) is 2. The largest absolute Gasteiger partial charge is 0.494 e. The number of nitrogens with one attached hydrogen (secondary N) is 1. The molecule has 1 aliphatic rings. The highest BCUT2D eigenvalue weighted by molar-refractivity contribution is 8.00. The van der Waals surface area contributed by atoms with E-state index in [0.29, 0.717) is 25.4 Å². The Labute approximate surface area is 130 Å². The van der Waals surface area contributed by atoms with E-state index in [1.807, 2.05) is 6.26 Å². The lowest BCUT2D eigenvalue weighted by molar-refractivity contribution is 0.313. The summed E-state index contributed by atoms with van der Waals surface area (Å²) in [6, 6.07) is 6.48. The van der Waals surface area contributed by atoms with Crippen LogP contribution < -0.4 is 15.2 Å². The van der Waals surface area contributed by atoms with Crippen LogP contribution in [0.4, 0.5) is 0 Å². The van der Waals surface area contributed by atoms with Gasteiger partial charge in [0.2, 0.25) is 10.0 Å². The number of ether oxygens (including phenoxy) is 1. The molecular weight excluding hydrogens is 308 g/mol. The molecule has 0 amide bonds. The molecular formula is C14H22N2O3S2. The van der Waals surface area contributed by atoms with Gasteiger partial charge in [-0.2, -0.15) is 11.8 Å². The second-order valence-corrected chi connectivity index (χ2v) is 8.22. The van der Waals surface area contributed by atoms with Gasteiger partial charge in [-0.05, 0) is 56.3 Å². The highest BCUT2D eigenvalue weighted by atomic mass is 32.2. The van der Waals surface area contributed by atoms with Gasteiger partial charge < -0.3 is 10.5 Å². The Morgan fingerprint density at radius 1 is 1.33 bits per heavy atom. The van der Waals surface area contributed by atoms with E-state index in [2.05, 4.69) is 4.72 Å². The number of nitrogens with two attached hydrogens (primary N) is 1. The van der Waals surface area contributed by atoms with Gasteiger partial charge in [-0.1, -0.05) is 0 Å². The van der Waals surface area contributed by atoms with Gasteiger partial charge in [0.25, 0.3) is 0 Å². The summed E-state index contributed by atoms with van der Waals surface area (Å²) in [5.41, 5.74) is 5.39. The van der Waals surface area contributed by atoms with Crippen molar-refractivity contribution in [1.82, 2.24) is 4.72 Å².